The minimum atomic E-state index is -0.873. The summed E-state index contributed by atoms with van der Waals surface area (Å²) in [7, 11) is 1.89. The zero-order valence-electron chi connectivity index (χ0n) is 17.8. The highest BCUT2D eigenvalue weighted by molar-refractivity contribution is 6.52. The average Bonchev–Trinajstić information content (AvgIpc) is 3.29. The van der Waals surface area contributed by atoms with E-state index in [1.54, 1.807) is 30.3 Å². The first-order chi connectivity index (χ1) is 16.3. The van der Waals surface area contributed by atoms with Crippen molar-refractivity contribution in [2.24, 2.45) is 7.05 Å². The van der Waals surface area contributed by atoms with Crippen LogP contribution in [0.1, 0.15) is 17.2 Å². The number of Topliss-reactive ketones (excluding diaryl/α,β-unsaturated/α-hetero) is 1. The number of hydrogen-bond acceptors (Lipinski definition) is 3. The summed E-state index contributed by atoms with van der Waals surface area (Å²) in [6.07, 6.45) is 1.87. The Morgan fingerprint density at radius 1 is 0.912 bits per heavy atom. The number of carbonyl (C=O) groups is 2. The predicted molar refractivity (Wildman–Crippen MR) is 136 cm³/mol. The molecular weight excluding hydrogens is 495 g/mol. The van der Waals surface area contributed by atoms with Crippen LogP contribution in [0.2, 0.25) is 15.1 Å². The standard InChI is InChI=1S/C26H17Cl3N2O3/c1-30-13-18(17-4-2-3-5-21(17)30)23-22(24(32)14-6-11-19(28)20(29)12-14)25(33)26(34)31(23)16-9-7-15(27)8-10-16/h2-13,23,32H,1H3/b24-22+. The molecule has 0 aliphatic carbocycles. The zero-order valence-corrected chi connectivity index (χ0v) is 20.1. The largest absolute Gasteiger partial charge is 0.507 e. The molecule has 4 aromatic rings. The quantitative estimate of drug-likeness (QED) is 0.188. The maximum atomic E-state index is 13.3. The molecule has 1 atom stereocenters. The maximum absolute atomic E-state index is 13.3. The van der Waals surface area contributed by atoms with Crippen molar-refractivity contribution in [2.45, 2.75) is 6.04 Å². The number of aliphatic hydroxyl groups excluding tert-OH is 1. The Balaban J connectivity index is 1.80. The van der Waals surface area contributed by atoms with Gasteiger partial charge < -0.3 is 9.67 Å². The summed E-state index contributed by atoms with van der Waals surface area (Å²) in [6.45, 7) is 0. The third kappa shape index (κ3) is 3.57. The number of hydrogen-bond donors (Lipinski definition) is 1. The lowest BCUT2D eigenvalue weighted by Crippen LogP contribution is -2.29. The third-order valence-electron chi connectivity index (χ3n) is 5.96. The summed E-state index contributed by atoms with van der Waals surface area (Å²) in [5, 5.41) is 13.2. The number of rotatable bonds is 3. The lowest BCUT2D eigenvalue weighted by atomic mass is 9.94. The number of para-hydroxylation sites is 1. The van der Waals surface area contributed by atoms with Gasteiger partial charge in [0.05, 0.1) is 21.7 Å². The van der Waals surface area contributed by atoms with Gasteiger partial charge in [0.15, 0.2) is 0 Å². The smallest absolute Gasteiger partial charge is 0.300 e. The second-order valence-electron chi connectivity index (χ2n) is 7.99. The lowest BCUT2D eigenvalue weighted by Gasteiger charge is -2.25. The number of aromatic nitrogens is 1. The molecule has 1 N–H and O–H groups in total. The van der Waals surface area contributed by atoms with Gasteiger partial charge in [-0.25, -0.2) is 0 Å². The molecule has 8 heteroatoms. The van der Waals surface area contributed by atoms with E-state index < -0.39 is 17.7 Å². The topological polar surface area (TPSA) is 62.5 Å². The molecule has 0 spiro atoms. The maximum Gasteiger partial charge on any atom is 0.300 e. The number of aliphatic hydroxyl groups is 1. The summed E-state index contributed by atoms with van der Waals surface area (Å²) in [6, 6.07) is 18.0. The molecule has 1 fully saturated rings. The van der Waals surface area contributed by atoms with E-state index in [1.807, 2.05) is 42.1 Å². The van der Waals surface area contributed by atoms with E-state index in [0.717, 1.165) is 10.9 Å². The lowest BCUT2D eigenvalue weighted by molar-refractivity contribution is -0.132. The number of benzene rings is 3. The SMILES string of the molecule is Cn1cc(C2/C(=C(\O)c3ccc(Cl)c(Cl)c3)C(=O)C(=O)N2c2ccc(Cl)cc2)c2ccccc21. The molecule has 1 aromatic heterocycles. The van der Waals surface area contributed by atoms with Gasteiger partial charge in [-0.1, -0.05) is 53.0 Å². The number of fused-ring (bicyclic) bond motifs is 1. The molecule has 1 saturated heterocycles. The summed E-state index contributed by atoms with van der Waals surface area (Å²) in [5.74, 6) is -1.87. The van der Waals surface area contributed by atoms with Crippen molar-refractivity contribution in [1.82, 2.24) is 4.57 Å². The van der Waals surface area contributed by atoms with Crippen molar-refractivity contribution in [3.05, 3.63) is 105 Å². The van der Waals surface area contributed by atoms with Gasteiger partial charge in [0.1, 0.15) is 5.76 Å². The summed E-state index contributed by atoms with van der Waals surface area (Å²) >= 11 is 18.3. The van der Waals surface area contributed by atoms with Crippen LogP contribution in [-0.2, 0) is 16.6 Å². The van der Waals surface area contributed by atoms with Crippen molar-refractivity contribution >= 4 is 68.8 Å². The fourth-order valence-corrected chi connectivity index (χ4v) is 4.81. The fourth-order valence-electron chi connectivity index (χ4n) is 4.38. The fraction of sp³-hybridized carbons (Fsp3) is 0.0769. The Bertz CT molecular complexity index is 1510. The van der Waals surface area contributed by atoms with Crippen LogP contribution in [0, 0.1) is 0 Å². The normalized spacial score (nSPS) is 17.6. The molecular formula is C26H17Cl3N2O3. The monoisotopic (exact) mass is 510 g/mol. The van der Waals surface area contributed by atoms with Crippen LogP contribution in [0.4, 0.5) is 5.69 Å². The van der Waals surface area contributed by atoms with Crippen LogP contribution in [0.15, 0.2) is 78.5 Å². The highest BCUT2D eigenvalue weighted by atomic mass is 35.5. The molecule has 1 unspecified atom stereocenters. The number of halogens is 3. The molecule has 0 saturated carbocycles. The Morgan fingerprint density at radius 3 is 2.32 bits per heavy atom. The number of aryl methyl sites for hydroxylation is 1. The Hall–Kier alpha value is -3.25. The number of anilines is 1. The Labute approximate surface area is 210 Å². The molecule has 1 aliphatic heterocycles. The van der Waals surface area contributed by atoms with E-state index in [4.69, 9.17) is 34.8 Å². The average molecular weight is 512 g/mol. The van der Waals surface area contributed by atoms with Gasteiger partial charge >= 0.3 is 0 Å². The first-order valence-electron chi connectivity index (χ1n) is 10.3. The van der Waals surface area contributed by atoms with Crippen LogP contribution in [0.3, 0.4) is 0 Å². The van der Waals surface area contributed by atoms with Gasteiger partial charge in [-0.2, -0.15) is 0 Å². The third-order valence-corrected chi connectivity index (χ3v) is 6.96. The highest BCUT2D eigenvalue weighted by Crippen LogP contribution is 2.45. The van der Waals surface area contributed by atoms with E-state index in [1.165, 1.54) is 17.0 Å². The molecule has 3 aromatic carbocycles. The van der Waals surface area contributed by atoms with Crippen LogP contribution in [0.25, 0.3) is 16.7 Å². The summed E-state index contributed by atoms with van der Waals surface area (Å²) in [5.41, 5.74) is 2.36. The summed E-state index contributed by atoms with van der Waals surface area (Å²) < 4.78 is 1.92. The van der Waals surface area contributed by atoms with Gasteiger partial charge in [-0.3, -0.25) is 14.5 Å². The number of ketones is 1. The van der Waals surface area contributed by atoms with Gasteiger partial charge in [0, 0.05) is 46.0 Å². The second-order valence-corrected chi connectivity index (χ2v) is 9.24. The Kier molecular flexibility index (Phi) is 5.64. The van der Waals surface area contributed by atoms with Crippen LogP contribution in [-0.4, -0.2) is 21.4 Å². The van der Waals surface area contributed by atoms with Gasteiger partial charge in [0.2, 0.25) is 0 Å². The molecule has 1 aliphatic rings. The van der Waals surface area contributed by atoms with Gasteiger partial charge in [0.25, 0.3) is 11.7 Å². The molecule has 5 rings (SSSR count). The minimum Gasteiger partial charge on any atom is -0.507 e. The van der Waals surface area contributed by atoms with E-state index in [9.17, 15) is 14.7 Å². The van der Waals surface area contributed by atoms with Crippen molar-refractivity contribution < 1.29 is 14.7 Å². The Morgan fingerprint density at radius 2 is 1.62 bits per heavy atom. The van der Waals surface area contributed by atoms with Gasteiger partial charge in [-0.15, -0.1) is 0 Å². The van der Waals surface area contributed by atoms with Crippen LogP contribution < -0.4 is 4.90 Å². The number of nitrogens with zero attached hydrogens (tertiary/aromatic N) is 2. The van der Waals surface area contributed by atoms with Crippen LogP contribution in [0.5, 0.6) is 0 Å². The minimum absolute atomic E-state index is 0.0327. The summed E-state index contributed by atoms with van der Waals surface area (Å²) in [4.78, 5) is 28.1. The van der Waals surface area contributed by atoms with E-state index in [2.05, 4.69) is 0 Å². The van der Waals surface area contributed by atoms with Gasteiger partial charge in [-0.05, 0) is 48.5 Å². The van der Waals surface area contributed by atoms with E-state index in [0.29, 0.717) is 21.3 Å². The molecule has 1 amide bonds. The molecule has 5 nitrogen and oxygen atoms in total. The molecule has 0 radical (unpaired) electrons. The second kappa shape index (κ2) is 8.51. The van der Waals surface area contributed by atoms with E-state index >= 15 is 0 Å². The van der Waals surface area contributed by atoms with Crippen molar-refractivity contribution in [1.29, 1.82) is 0 Å². The number of carbonyl (C=O) groups excluding carboxylic acids is 2. The van der Waals surface area contributed by atoms with E-state index in [-0.39, 0.29) is 21.9 Å². The number of amides is 1. The highest BCUT2D eigenvalue weighted by Gasteiger charge is 2.47. The van der Waals surface area contributed by atoms with Crippen LogP contribution >= 0.6 is 34.8 Å². The first kappa shape index (κ1) is 22.5. The van der Waals surface area contributed by atoms with Crippen molar-refractivity contribution in [3.63, 3.8) is 0 Å². The molecule has 170 valence electrons. The van der Waals surface area contributed by atoms with Crippen molar-refractivity contribution in [2.75, 3.05) is 4.90 Å². The zero-order chi connectivity index (χ0) is 24.1. The molecule has 0 bridgehead atoms. The van der Waals surface area contributed by atoms with Crippen molar-refractivity contribution in [3.8, 4) is 0 Å². The first-order valence-corrected chi connectivity index (χ1v) is 11.5. The molecule has 2 heterocycles. The molecule has 34 heavy (non-hydrogen) atoms. The predicted octanol–water partition coefficient (Wildman–Crippen LogP) is 6.76.